The van der Waals surface area contributed by atoms with E-state index in [0.29, 0.717) is 12.2 Å². The van der Waals surface area contributed by atoms with E-state index in [1.165, 1.54) is 12.1 Å². The van der Waals surface area contributed by atoms with Crippen molar-refractivity contribution in [3.8, 4) is 0 Å². The second-order valence-corrected chi connectivity index (χ2v) is 12.6. The van der Waals surface area contributed by atoms with Crippen LogP contribution in [0.3, 0.4) is 0 Å². The van der Waals surface area contributed by atoms with E-state index in [-0.39, 0.29) is 21.8 Å². The van der Waals surface area contributed by atoms with E-state index in [4.69, 9.17) is 27.9 Å². The van der Waals surface area contributed by atoms with Crippen molar-refractivity contribution in [3.63, 3.8) is 0 Å². The summed E-state index contributed by atoms with van der Waals surface area (Å²) in [6.07, 6.45) is 0. The van der Waals surface area contributed by atoms with E-state index in [9.17, 15) is 19.2 Å². The van der Waals surface area contributed by atoms with Crippen molar-refractivity contribution >= 4 is 143 Å². The number of hydrogen-bond donors (Lipinski definition) is 1. The summed E-state index contributed by atoms with van der Waals surface area (Å²) in [5.41, 5.74) is 0.836. The number of halogens is 6. The minimum Gasteiger partial charge on any atom is -0.454 e. The number of esters is 1. The molecule has 0 spiro atoms. The molecule has 0 unspecified atom stereocenters. The van der Waals surface area contributed by atoms with E-state index in [1.807, 2.05) is 45.2 Å². The number of amides is 3. The lowest BCUT2D eigenvalue weighted by Crippen LogP contribution is -2.49. The van der Waals surface area contributed by atoms with Crippen molar-refractivity contribution in [2.75, 3.05) is 11.9 Å². The van der Waals surface area contributed by atoms with Gasteiger partial charge in [0.2, 0.25) is 0 Å². The summed E-state index contributed by atoms with van der Waals surface area (Å²) in [6, 6.07) is 3.36. The van der Waals surface area contributed by atoms with Gasteiger partial charge in [0.1, 0.15) is 6.04 Å². The van der Waals surface area contributed by atoms with Crippen LogP contribution in [0.4, 0.5) is 5.69 Å². The molecule has 0 radical (unpaired) electrons. The Kier molecular flexibility index (Phi) is 9.76. The molecule has 34 heavy (non-hydrogen) atoms. The van der Waals surface area contributed by atoms with Crippen LogP contribution in [0.2, 0.25) is 10.0 Å². The van der Waals surface area contributed by atoms with Crippen molar-refractivity contribution < 1.29 is 23.9 Å². The van der Waals surface area contributed by atoms with Crippen molar-refractivity contribution in [3.05, 3.63) is 53.7 Å². The molecule has 1 heterocycles. The molecule has 180 valence electrons. The molecule has 0 fully saturated rings. The van der Waals surface area contributed by atoms with E-state index >= 15 is 0 Å². The zero-order valence-electron chi connectivity index (χ0n) is 17.4. The van der Waals surface area contributed by atoms with Gasteiger partial charge in [-0.15, -0.1) is 0 Å². The minimum absolute atomic E-state index is 0.267. The largest absolute Gasteiger partial charge is 0.454 e. The van der Waals surface area contributed by atoms with Crippen LogP contribution in [0.25, 0.3) is 0 Å². The number of nitrogens with one attached hydrogen (secondary N) is 1. The highest BCUT2D eigenvalue weighted by molar-refractivity contribution is 14.1. The third-order valence-corrected chi connectivity index (χ3v) is 12.8. The Bertz CT molecular complexity index is 1190. The van der Waals surface area contributed by atoms with Gasteiger partial charge >= 0.3 is 5.97 Å². The van der Waals surface area contributed by atoms with Crippen molar-refractivity contribution in [1.82, 2.24) is 4.90 Å². The molecule has 7 nitrogen and oxygen atoms in total. The number of rotatable bonds is 6. The standard InChI is InChI=1S/C21H14Cl2I4N2O5/c1-7(2)18(21(33)34-6-11(30)28-10-5-8(22)3-4-9(10)23)29-19(31)12-13(20(29)32)15(25)17(27)16(26)14(12)24/h3-5,7,18H,6H2,1-2H3,(H,28,30)/t18-/m1/s1. The summed E-state index contributed by atoms with van der Waals surface area (Å²) < 4.78 is 8.26. The molecule has 2 aromatic carbocycles. The minimum atomic E-state index is -1.20. The van der Waals surface area contributed by atoms with Crippen molar-refractivity contribution in [1.29, 1.82) is 0 Å². The van der Waals surface area contributed by atoms with Gasteiger partial charge in [0, 0.05) is 19.3 Å². The van der Waals surface area contributed by atoms with Gasteiger partial charge in [-0.25, -0.2) is 4.79 Å². The first-order valence-corrected chi connectivity index (χ1v) is 14.6. The topological polar surface area (TPSA) is 92.8 Å². The molecule has 1 aliphatic rings. The van der Waals surface area contributed by atoms with Gasteiger partial charge in [0.15, 0.2) is 6.61 Å². The van der Waals surface area contributed by atoms with Crippen LogP contribution in [0.5, 0.6) is 0 Å². The van der Waals surface area contributed by atoms with E-state index in [0.717, 1.165) is 12.0 Å². The summed E-state index contributed by atoms with van der Waals surface area (Å²) in [5.74, 6) is -3.06. The lowest BCUT2D eigenvalue weighted by molar-refractivity contribution is -0.152. The molecule has 1 atom stereocenters. The first kappa shape index (κ1) is 28.6. The number of carbonyl (C=O) groups excluding carboxylic acids is 4. The highest BCUT2D eigenvalue weighted by Crippen LogP contribution is 2.39. The maximum atomic E-state index is 13.3. The average molecular weight is 953 g/mol. The van der Waals surface area contributed by atoms with E-state index in [2.05, 4.69) is 50.5 Å². The van der Waals surface area contributed by atoms with Gasteiger partial charge < -0.3 is 10.1 Å². The molecule has 3 rings (SSSR count). The number of hydrogen-bond acceptors (Lipinski definition) is 5. The van der Waals surface area contributed by atoms with Gasteiger partial charge in [-0.3, -0.25) is 19.3 Å². The SMILES string of the molecule is CC(C)[C@H](C(=O)OCC(=O)Nc1cc(Cl)ccc1Cl)N1C(=O)c2c(I)c(I)c(I)c(I)c2C1=O. The number of fused-ring (bicyclic) bond motifs is 1. The van der Waals surface area contributed by atoms with Crippen LogP contribution in [0, 0.1) is 20.2 Å². The monoisotopic (exact) mass is 952 g/mol. The van der Waals surface area contributed by atoms with E-state index in [1.54, 1.807) is 19.9 Å². The van der Waals surface area contributed by atoms with E-state index < -0.39 is 42.3 Å². The average Bonchev–Trinajstić information content (AvgIpc) is 3.02. The lowest BCUT2D eigenvalue weighted by atomic mass is 10.0. The lowest BCUT2D eigenvalue weighted by Gasteiger charge is -2.27. The van der Waals surface area contributed by atoms with Crippen molar-refractivity contribution in [2.24, 2.45) is 5.92 Å². The zero-order valence-corrected chi connectivity index (χ0v) is 27.5. The molecule has 3 amide bonds. The summed E-state index contributed by atoms with van der Waals surface area (Å²) in [7, 11) is 0. The van der Waals surface area contributed by atoms with Gasteiger partial charge in [-0.2, -0.15) is 0 Å². The second kappa shape index (κ2) is 11.6. The van der Waals surface area contributed by atoms with Crippen LogP contribution in [-0.2, 0) is 14.3 Å². The first-order chi connectivity index (χ1) is 15.9. The zero-order chi connectivity index (χ0) is 25.5. The molecular formula is C21H14Cl2I4N2O5. The van der Waals surface area contributed by atoms with Crippen LogP contribution in [-0.4, -0.2) is 41.2 Å². The second-order valence-electron chi connectivity index (χ2n) is 7.46. The Hall–Kier alpha value is 0.0200. The Morgan fingerprint density at radius 3 is 2.00 bits per heavy atom. The van der Waals surface area contributed by atoms with Crippen LogP contribution >= 0.6 is 114 Å². The maximum Gasteiger partial charge on any atom is 0.330 e. The highest BCUT2D eigenvalue weighted by atomic mass is 127. The molecule has 1 N–H and O–H groups in total. The van der Waals surface area contributed by atoms with Crippen LogP contribution < -0.4 is 5.32 Å². The fourth-order valence-corrected chi connectivity index (χ4v) is 7.28. The van der Waals surface area contributed by atoms with Gasteiger partial charge in [0.05, 0.1) is 21.8 Å². The molecule has 0 aromatic heterocycles. The molecular weight excluding hydrogens is 939 g/mol. The van der Waals surface area contributed by atoms with Gasteiger partial charge in [-0.05, 0) is 114 Å². The fraction of sp³-hybridized carbons (Fsp3) is 0.238. The molecule has 13 heteroatoms. The van der Waals surface area contributed by atoms with Crippen LogP contribution in [0.15, 0.2) is 18.2 Å². The number of imide groups is 1. The summed E-state index contributed by atoms with van der Waals surface area (Å²) in [6.45, 7) is 2.77. The number of ether oxygens (including phenoxy) is 1. The quantitative estimate of drug-likeness (QED) is 0.122. The predicted octanol–water partition coefficient (Wildman–Crippen LogP) is 6.21. The molecule has 1 aliphatic heterocycles. The molecule has 0 saturated heterocycles. The molecule has 0 saturated carbocycles. The van der Waals surface area contributed by atoms with Crippen LogP contribution in [0.1, 0.15) is 34.6 Å². The highest BCUT2D eigenvalue weighted by Gasteiger charge is 2.47. The Labute approximate surface area is 259 Å². The number of nitrogens with zero attached hydrogens (tertiary/aromatic N) is 1. The fourth-order valence-electron chi connectivity index (χ4n) is 3.30. The van der Waals surface area contributed by atoms with Gasteiger partial charge in [-0.1, -0.05) is 37.0 Å². The summed E-state index contributed by atoms with van der Waals surface area (Å²) in [5, 5.41) is 3.16. The Morgan fingerprint density at radius 1 is 0.971 bits per heavy atom. The maximum absolute atomic E-state index is 13.3. The Balaban J connectivity index is 1.81. The molecule has 2 aromatic rings. The third-order valence-electron chi connectivity index (χ3n) is 4.83. The predicted molar refractivity (Wildman–Crippen MR) is 162 cm³/mol. The molecule has 0 aliphatic carbocycles. The smallest absolute Gasteiger partial charge is 0.330 e. The molecule has 0 bridgehead atoms. The third kappa shape index (κ3) is 5.62. The number of anilines is 1. The number of benzene rings is 2. The normalized spacial score (nSPS) is 13.9. The van der Waals surface area contributed by atoms with Crippen molar-refractivity contribution in [2.45, 2.75) is 19.9 Å². The van der Waals surface area contributed by atoms with Gasteiger partial charge in [0.25, 0.3) is 17.7 Å². The summed E-state index contributed by atoms with van der Waals surface area (Å²) in [4.78, 5) is 52.9. The summed E-state index contributed by atoms with van der Waals surface area (Å²) >= 11 is 20.3. The first-order valence-electron chi connectivity index (χ1n) is 9.52. The number of carbonyl (C=O) groups is 4. The Morgan fingerprint density at radius 2 is 1.50 bits per heavy atom.